The fraction of sp³-hybridized carbons (Fsp3) is 0.550. The predicted molar refractivity (Wildman–Crippen MR) is 96.3 cm³/mol. The molecule has 0 heterocycles. The summed E-state index contributed by atoms with van der Waals surface area (Å²) in [5, 5.41) is 19.0. The molecular formula is C20H31NaO4. The van der Waals surface area contributed by atoms with E-state index in [-0.39, 0.29) is 42.1 Å². The normalized spacial score (nSPS) is 13.2. The Balaban J connectivity index is 0. The van der Waals surface area contributed by atoms with Crippen LogP contribution in [0, 0.1) is 0 Å². The first-order chi connectivity index (χ1) is 11.7. The summed E-state index contributed by atoms with van der Waals surface area (Å²) in [6.45, 7) is 2.15. The van der Waals surface area contributed by atoms with Gasteiger partial charge in [-0.1, -0.05) is 74.8 Å². The third-order valence-electron chi connectivity index (χ3n) is 3.43. The van der Waals surface area contributed by atoms with E-state index in [1.54, 1.807) is 0 Å². The van der Waals surface area contributed by atoms with Crippen LogP contribution in [0.1, 0.15) is 64.7 Å². The third-order valence-corrected chi connectivity index (χ3v) is 3.43. The van der Waals surface area contributed by atoms with Gasteiger partial charge < -0.3 is 9.90 Å². The summed E-state index contributed by atoms with van der Waals surface area (Å²) in [6, 6.07) is 0. The van der Waals surface area contributed by atoms with Gasteiger partial charge in [0.1, 0.15) is 6.10 Å². The number of carbonyl (C=O) groups is 1. The van der Waals surface area contributed by atoms with Crippen LogP contribution in [0.5, 0.6) is 0 Å². The average Bonchev–Trinajstić information content (AvgIpc) is 2.57. The molecule has 1 unspecified atom stereocenters. The molecule has 4 nitrogen and oxygen atoms in total. The molecule has 0 saturated heterocycles. The molecule has 0 radical (unpaired) electrons. The number of unbranched alkanes of at least 4 members (excludes halogenated alkanes) is 3. The summed E-state index contributed by atoms with van der Waals surface area (Å²) >= 11 is 0. The summed E-state index contributed by atoms with van der Waals surface area (Å²) < 4.78 is 0. The van der Waals surface area contributed by atoms with E-state index in [0.717, 1.165) is 44.9 Å². The molecule has 0 aliphatic heterocycles. The van der Waals surface area contributed by atoms with Crippen molar-refractivity contribution >= 4 is 5.97 Å². The van der Waals surface area contributed by atoms with Gasteiger partial charge in [-0.05, 0) is 38.5 Å². The molecule has 1 atom stereocenters. The van der Waals surface area contributed by atoms with E-state index in [4.69, 9.17) is 5.26 Å². The quantitative estimate of drug-likeness (QED) is 0.120. The van der Waals surface area contributed by atoms with Gasteiger partial charge in [-0.2, -0.15) is 0 Å². The van der Waals surface area contributed by atoms with Gasteiger partial charge in [0.2, 0.25) is 0 Å². The molecule has 0 rings (SSSR count). The van der Waals surface area contributed by atoms with Gasteiger partial charge in [0.15, 0.2) is 0 Å². The number of carboxylic acids is 1. The molecule has 0 amide bonds. The van der Waals surface area contributed by atoms with E-state index in [0.29, 0.717) is 6.42 Å². The first kappa shape index (κ1) is 26.6. The van der Waals surface area contributed by atoms with Crippen LogP contribution in [0.25, 0.3) is 0 Å². The van der Waals surface area contributed by atoms with E-state index < -0.39 is 5.97 Å². The number of hydrogen-bond acceptors (Lipinski definition) is 4. The maximum Gasteiger partial charge on any atom is 1.00 e. The molecule has 0 bridgehead atoms. The van der Waals surface area contributed by atoms with Gasteiger partial charge in [-0.25, -0.2) is 4.89 Å². The van der Waals surface area contributed by atoms with Crippen molar-refractivity contribution in [2.24, 2.45) is 0 Å². The first-order valence-corrected chi connectivity index (χ1v) is 8.84. The van der Waals surface area contributed by atoms with E-state index in [1.807, 2.05) is 36.5 Å². The van der Waals surface area contributed by atoms with Crippen molar-refractivity contribution < 1.29 is 49.6 Å². The molecule has 136 valence electrons. The van der Waals surface area contributed by atoms with Crippen LogP contribution in [0.4, 0.5) is 0 Å². The van der Waals surface area contributed by atoms with E-state index >= 15 is 0 Å². The maximum absolute atomic E-state index is 10.2. The molecule has 0 aromatic rings. The Bertz CT molecular complexity index is 414. The Hall–Kier alpha value is -0.650. The van der Waals surface area contributed by atoms with E-state index in [9.17, 15) is 9.90 Å². The van der Waals surface area contributed by atoms with Gasteiger partial charge in [0.25, 0.3) is 0 Å². The summed E-state index contributed by atoms with van der Waals surface area (Å²) in [5.41, 5.74) is 0. The molecular weight excluding hydrogens is 327 g/mol. The monoisotopic (exact) mass is 358 g/mol. The fourth-order valence-electron chi connectivity index (χ4n) is 2.05. The van der Waals surface area contributed by atoms with Crippen LogP contribution in [-0.4, -0.2) is 17.3 Å². The summed E-state index contributed by atoms with van der Waals surface area (Å²) in [7, 11) is 0. The number of carboxylic acid groups (broad SMARTS) is 1. The largest absolute Gasteiger partial charge is 1.00 e. The smallest absolute Gasteiger partial charge is 0.550 e. The second-order valence-electron chi connectivity index (χ2n) is 5.63. The Morgan fingerprint density at radius 1 is 1.04 bits per heavy atom. The molecule has 0 aliphatic carbocycles. The average molecular weight is 358 g/mol. The van der Waals surface area contributed by atoms with E-state index in [1.165, 1.54) is 0 Å². The molecule has 0 aromatic heterocycles. The van der Waals surface area contributed by atoms with Crippen molar-refractivity contribution in [3.05, 3.63) is 48.6 Å². The zero-order chi connectivity index (χ0) is 17.9. The van der Waals surface area contributed by atoms with E-state index in [2.05, 4.69) is 24.0 Å². The number of hydrogen-bond donors (Lipinski definition) is 1. The minimum absolute atomic E-state index is 0. The number of carbonyl (C=O) groups excluding carboxylic acids is 1. The zero-order valence-electron chi connectivity index (χ0n) is 15.7. The number of aliphatic carboxylic acids is 1. The second kappa shape index (κ2) is 21.4. The molecule has 0 aliphatic rings. The van der Waals surface area contributed by atoms with Crippen LogP contribution in [0.15, 0.2) is 48.6 Å². The molecule has 25 heavy (non-hydrogen) atoms. The second-order valence-corrected chi connectivity index (χ2v) is 5.63. The van der Waals surface area contributed by atoms with Gasteiger partial charge >= 0.3 is 29.6 Å². The third kappa shape index (κ3) is 21.3. The molecule has 0 saturated carbocycles. The van der Waals surface area contributed by atoms with Crippen LogP contribution in [-0.2, 0) is 9.68 Å². The van der Waals surface area contributed by atoms with Crippen LogP contribution < -0.4 is 34.7 Å². The minimum Gasteiger partial charge on any atom is -0.550 e. The van der Waals surface area contributed by atoms with Crippen molar-refractivity contribution in [3.8, 4) is 0 Å². The topological polar surface area (TPSA) is 69.6 Å². The fourth-order valence-corrected chi connectivity index (χ4v) is 2.05. The summed E-state index contributed by atoms with van der Waals surface area (Å²) in [4.78, 5) is 14.6. The predicted octanol–water partition coefficient (Wildman–Crippen LogP) is 1.35. The van der Waals surface area contributed by atoms with Crippen molar-refractivity contribution in [2.75, 3.05) is 0 Å². The molecule has 0 aromatic carbocycles. The minimum atomic E-state index is -0.984. The van der Waals surface area contributed by atoms with Gasteiger partial charge in [0, 0.05) is 5.97 Å². The van der Waals surface area contributed by atoms with Crippen molar-refractivity contribution in [2.45, 2.75) is 70.8 Å². The Labute approximate surface area is 174 Å². The molecule has 1 N–H and O–H groups in total. The molecule has 5 heteroatoms. The van der Waals surface area contributed by atoms with Crippen molar-refractivity contribution in [1.82, 2.24) is 0 Å². The maximum atomic E-state index is 10.2. The summed E-state index contributed by atoms with van der Waals surface area (Å²) in [6.07, 6.45) is 23.2. The Morgan fingerprint density at radius 3 is 2.36 bits per heavy atom. The van der Waals surface area contributed by atoms with Gasteiger partial charge in [0.05, 0.1) is 0 Å². The first-order valence-electron chi connectivity index (χ1n) is 8.84. The Kier molecular flexibility index (Phi) is 22.7. The SMILES string of the molecule is CCCCCC(C=CC=CCC=CCC=CCCCC(=O)[O-])OO.[Na+]. The summed E-state index contributed by atoms with van der Waals surface area (Å²) in [5.74, 6) is -0.984. The van der Waals surface area contributed by atoms with Gasteiger partial charge in [-0.3, -0.25) is 5.26 Å². The zero-order valence-corrected chi connectivity index (χ0v) is 17.7. The van der Waals surface area contributed by atoms with Crippen molar-refractivity contribution in [1.29, 1.82) is 0 Å². The van der Waals surface area contributed by atoms with Crippen LogP contribution in [0.2, 0.25) is 0 Å². The molecule has 0 fully saturated rings. The van der Waals surface area contributed by atoms with Crippen molar-refractivity contribution in [3.63, 3.8) is 0 Å². The van der Waals surface area contributed by atoms with Gasteiger partial charge in [-0.15, -0.1) is 0 Å². The number of allylic oxidation sites excluding steroid dienone is 7. The number of rotatable bonds is 15. The standard InChI is InChI=1S/C20H32O4.Na/c1-2-3-13-16-19(24-23)17-14-11-9-7-5-4-6-8-10-12-15-18-20(21)22;/h4-5,8-11,14,17,19,23H,2-3,6-7,12-13,15-16,18H2,1H3,(H,21,22);/q;+1/p-1. The van der Waals surface area contributed by atoms with Crippen LogP contribution >= 0.6 is 0 Å². The molecule has 0 spiro atoms. The Morgan fingerprint density at radius 2 is 1.72 bits per heavy atom. The van der Waals surface area contributed by atoms with Crippen LogP contribution in [0.3, 0.4) is 0 Å².